The van der Waals surface area contributed by atoms with Gasteiger partial charge < -0.3 is 38.9 Å². The number of nitrogens with two attached hydrogens (primary N) is 4. The van der Waals surface area contributed by atoms with Gasteiger partial charge in [0, 0.05) is 49.8 Å². The molecule has 15 aromatic rings. The maximum atomic E-state index is 13.9. The Bertz CT molecular complexity index is 6060. The molecular weight excluding hydrogens is 1460 g/mol. The number of pyridine rings is 4. The number of benzene rings is 8. The molecule has 24 nitrogen and oxygen atoms in total. The summed E-state index contributed by atoms with van der Waals surface area (Å²) in [7, 11) is 0. The van der Waals surface area contributed by atoms with E-state index < -0.39 is 41.4 Å². The molecule has 0 bridgehead atoms. The minimum absolute atomic E-state index is 0.0649. The summed E-state index contributed by atoms with van der Waals surface area (Å²) in [6.07, 6.45) is 3.79. The van der Waals surface area contributed by atoms with Gasteiger partial charge in [-0.25, -0.2) is 62.4 Å². The van der Waals surface area contributed by atoms with Crippen LogP contribution in [0.4, 0.5) is 52.5 Å². The average Bonchev–Trinajstić information content (AvgIpc) is 0.773. The second kappa shape index (κ2) is 34.8. The Morgan fingerprint density at radius 2 is 0.513 bits per heavy atom. The first kappa shape index (κ1) is 78.1. The minimum atomic E-state index is -0.460. The van der Waals surface area contributed by atoms with Gasteiger partial charge in [-0.2, -0.15) is 36.8 Å². The van der Waals surface area contributed by atoms with Crippen molar-refractivity contribution in [3.8, 4) is 87.0 Å². The molecular formula is C87H62F4N24. The standard InChI is InChI=1S/3C23H16FN7.C18H14FN3/c3*1-13(30-23-18(11-26)22(27)28-12-29-23)21-20(14-5-3-2-4-6-14)17(10-25)16-9-15(24)7-8-19(16)31-21;1-11(21)18-17(12-5-3-2-4-6-12)15(10-20)14-9-13(19)7-8-16(14)22-18/h3*2-9,12-13H,1H3,(H3,27,28,29,30);2-9,11H,21H2,1H3/t2*13-;;/m10../s1. The normalized spacial score (nSPS) is 11.6. The molecule has 7 aromatic heterocycles. The number of nitriles is 7. The molecule has 0 fully saturated rings. The first-order valence-corrected chi connectivity index (χ1v) is 35.1. The maximum Gasteiger partial charge on any atom is 0.150 e. The fraction of sp³-hybridized carbons (Fsp3) is 0.0920. The molecule has 0 saturated heterocycles. The zero-order valence-corrected chi connectivity index (χ0v) is 61.4. The lowest BCUT2D eigenvalue weighted by molar-refractivity contribution is 0.629. The highest BCUT2D eigenvalue weighted by molar-refractivity contribution is 5.97. The summed E-state index contributed by atoms with van der Waals surface area (Å²) >= 11 is 0. The zero-order chi connectivity index (χ0) is 81.6. The van der Waals surface area contributed by atoms with Crippen molar-refractivity contribution in [2.45, 2.75) is 51.9 Å². The quantitative estimate of drug-likeness (QED) is 0.0497. The molecule has 0 radical (unpaired) electrons. The third kappa shape index (κ3) is 16.6. The number of rotatable bonds is 14. The summed E-state index contributed by atoms with van der Waals surface area (Å²) in [5.41, 5.74) is 35.1. The van der Waals surface area contributed by atoms with Crippen molar-refractivity contribution in [2.75, 3.05) is 33.2 Å². The predicted octanol–water partition coefficient (Wildman–Crippen LogP) is 16.9. The summed E-state index contributed by atoms with van der Waals surface area (Å²) < 4.78 is 55.4. The minimum Gasteiger partial charge on any atom is -0.382 e. The van der Waals surface area contributed by atoms with Crippen LogP contribution in [0.25, 0.3) is 88.1 Å². The van der Waals surface area contributed by atoms with Gasteiger partial charge in [-0.1, -0.05) is 121 Å². The smallest absolute Gasteiger partial charge is 0.150 e. The number of aromatic nitrogens is 10. The summed E-state index contributed by atoms with van der Waals surface area (Å²) in [5, 5.41) is 79.1. The molecule has 7 heterocycles. The Hall–Kier alpha value is -16.5. The number of hydrogen-bond donors (Lipinski definition) is 7. The molecule has 15 rings (SSSR count). The van der Waals surface area contributed by atoms with Crippen LogP contribution in [0.1, 0.15) is 114 Å². The van der Waals surface area contributed by atoms with Gasteiger partial charge in [0.25, 0.3) is 0 Å². The molecule has 0 aliphatic carbocycles. The molecule has 115 heavy (non-hydrogen) atoms. The molecule has 0 aliphatic heterocycles. The van der Waals surface area contributed by atoms with Crippen LogP contribution in [0, 0.1) is 103 Å². The Balaban J connectivity index is 0.000000143. The number of anilines is 6. The number of nitrogens with zero attached hydrogens (tertiary/aromatic N) is 17. The van der Waals surface area contributed by atoms with Crippen LogP contribution < -0.4 is 38.9 Å². The average molecular weight is 1520 g/mol. The molecule has 0 spiro atoms. The molecule has 11 N–H and O–H groups in total. The molecule has 0 amide bonds. The molecule has 28 heteroatoms. The van der Waals surface area contributed by atoms with Gasteiger partial charge in [-0.15, -0.1) is 0 Å². The van der Waals surface area contributed by atoms with Crippen LogP contribution in [-0.4, -0.2) is 49.8 Å². The number of nitrogens with one attached hydrogen (secondary N) is 3. The van der Waals surface area contributed by atoms with E-state index in [1.54, 1.807) is 24.3 Å². The molecule has 0 aliphatic rings. The van der Waals surface area contributed by atoms with Crippen LogP contribution >= 0.6 is 0 Å². The SMILES string of the molecule is CC(N)c1nc2ccc(F)cc2c(C#N)c1-c1ccccc1.CC(Nc1ncnc(N)c1C#N)c1nc2ccc(F)cc2c(C#N)c1-c1ccccc1.C[C@@H](Nc1ncnc(N)c1C#N)c1nc2ccc(F)cc2c(C#N)c1-c1ccccc1.C[C@H](Nc1ncnc(N)c1C#N)c1nc2ccc(F)cc2c(C#N)c1-c1ccccc1. The van der Waals surface area contributed by atoms with Crippen molar-refractivity contribution in [2.24, 2.45) is 5.73 Å². The third-order valence-electron chi connectivity index (χ3n) is 18.3. The van der Waals surface area contributed by atoms with E-state index in [9.17, 15) is 54.4 Å². The van der Waals surface area contributed by atoms with Gasteiger partial charge in [0.05, 0.1) is 85.2 Å². The highest BCUT2D eigenvalue weighted by Crippen LogP contribution is 2.41. The van der Waals surface area contributed by atoms with Gasteiger partial charge >= 0.3 is 0 Å². The highest BCUT2D eigenvalue weighted by atomic mass is 19.1. The lowest BCUT2D eigenvalue weighted by atomic mass is 9.92. The van der Waals surface area contributed by atoms with Crippen molar-refractivity contribution in [1.82, 2.24) is 49.8 Å². The second-order valence-corrected chi connectivity index (χ2v) is 25.7. The van der Waals surface area contributed by atoms with E-state index in [4.69, 9.17) is 37.9 Å². The lowest BCUT2D eigenvalue weighted by Gasteiger charge is -2.20. The number of nitrogen functional groups attached to an aromatic ring is 3. The van der Waals surface area contributed by atoms with Crippen LogP contribution in [0.15, 0.2) is 213 Å². The van der Waals surface area contributed by atoms with E-state index >= 15 is 0 Å². The largest absolute Gasteiger partial charge is 0.382 e. The fourth-order valence-electron chi connectivity index (χ4n) is 13.0. The van der Waals surface area contributed by atoms with E-state index in [0.29, 0.717) is 111 Å². The number of halogens is 4. The third-order valence-corrected chi connectivity index (χ3v) is 18.3. The van der Waals surface area contributed by atoms with Gasteiger partial charge in [-0.05, 0) is 123 Å². The fourth-order valence-corrected chi connectivity index (χ4v) is 13.0. The Kier molecular flexibility index (Phi) is 23.7. The Morgan fingerprint density at radius 1 is 0.296 bits per heavy atom. The van der Waals surface area contributed by atoms with Crippen LogP contribution in [-0.2, 0) is 0 Å². The Labute approximate surface area is 655 Å². The maximum absolute atomic E-state index is 13.9. The van der Waals surface area contributed by atoms with Crippen molar-refractivity contribution in [1.29, 1.82) is 36.8 Å². The topological polar surface area (TPSA) is 436 Å². The van der Waals surface area contributed by atoms with Crippen molar-refractivity contribution in [3.05, 3.63) is 298 Å². The van der Waals surface area contributed by atoms with E-state index in [-0.39, 0.29) is 57.6 Å². The zero-order valence-electron chi connectivity index (χ0n) is 61.4. The van der Waals surface area contributed by atoms with Crippen molar-refractivity contribution < 1.29 is 17.6 Å². The van der Waals surface area contributed by atoms with Gasteiger partial charge in [0.15, 0.2) is 0 Å². The molecule has 4 atom stereocenters. The van der Waals surface area contributed by atoms with Crippen molar-refractivity contribution in [3.63, 3.8) is 0 Å². The van der Waals surface area contributed by atoms with E-state index in [0.717, 1.165) is 22.3 Å². The second-order valence-electron chi connectivity index (χ2n) is 25.7. The molecule has 2 unspecified atom stereocenters. The summed E-state index contributed by atoms with van der Waals surface area (Å²) in [6.45, 7) is 7.34. The Morgan fingerprint density at radius 3 is 0.730 bits per heavy atom. The highest BCUT2D eigenvalue weighted by Gasteiger charge is 2.28. The van der Waals surface area contributed by atoms with Crippen LogP contribution in [0.5, 0.6) is 0 Å². The van der Waals surface area contributed by atoms with Crippen LogP contribution in [0.3, 0.4) is 0 Å². The van der Waals surface area contributed by atoms with E-state index in [2.05, 4.69) is 75.1 Å². The van der Waals surface area contributed by atoms with Crippen LogP contribution in [0.2, 0.25) is 0 Å². The molecule has 0 saturated carbocycles. The first-order valence-electron chi connectivity index (χ1n) is 35.1. The van der Waals surface area contributed by atoms with Gasteiger partial charge in [0.1, 0.15) is 136 Å². The monoisotopic (exact) mass is 1520 g/mol. The van der Waals surface area contributed by atoms with Crippen molar-refractivity contribution >= 4 is 78.5 Å². The summed E-state index contributed by atoms with van der Waals surface area (Å²) in [6, 6.07) is 67.3. The van der Waals surface area contributed by atoms with E-state index in [1.807, 2.05) is 167 Å². The predicted molar refractivity (Wildman–Crippen MR) is 430 cm³/mol. The molecule has 558 valence electrons. The number of fused-ring (bicyclic) bond motifs is 4. The first-order chi connectivity index (χ1) is 55.7. The molecule has 8 aromatic carbocycles. The lowest BCUT2D eigenvalue weighted by Crippen LogP contribution is -2.14. The van der Waals surface area contributed by atoms with E-state index in [1.165, 1.54) is 67.5 Å². The summed E-state index contributed by atoms with van der Waals surface area (Å²) in [5.74, 6) is -0.738. The summed E-state index contributed by atoms with van der Waals surface area (Å²) in [4.78, 5) is 42.7. The number of hydrogen-bond acceptors (Lipinski definition) is 24. The van der Waals surface area contributed by atoms with Gasteiger partial charge in [0.2, 0.25) is 0 Å². The van der Waals surface area contributed by atoms with Gasteiger partial charge in [-0.3, -0.25) is 4.98 Å².